The highest BCUT2D eigenvalue weighted by Crippen LogP contribution is 2.41. The lowest BCUT2D eigenvalue weighted by atomic mass is 9.91. The van der Waals surface area contributed by atoms with Gasteiger partial charge in [0.05, 0.1) is 13.0 Å². The van der Waals surface area contributed by atoms with E-state index in [2.05, 4.69) is 19.2 Å². The average molecular weight is 219 g/mol. The molecular formula is C13H17NO2. The number of carbonyl (C=O) groups is 1. The second kappa shape index (κ2) is 4.16. The Kier molecular flexibility index (Phi) is 2.86. The van der Waals surface area contributed by atoms with Crippen molar-refractivity contribution in [2.75, 3.05) is 12.4 Å². The summed E-state index contributed by atoms with van der Waals surface area (Å²) < 4.78 is 5.32. The lowest BCUT2D eigenvalue weighted by molar-refractivity contribution is -0.117. The zero-order valence-electron chi connectivity index (χ0n) is 9.91. The number of benzene rings is 1. The van der Waals surface area contributed by atoms with E-state index < -0.39 is 0 Å². The number of rotatable bonds is 3. The predicted octanol–water partition coefficient (Wildman–Crippen LogP) is 2.78. The van der Waals surface area contributed by atoms with Crippen molar-refractivity contribution < 1.29 is 9.53 Å². The minimum atomic E-state index is -0.0638. The van der Waals surface area contributed by atoms with Crippen LogP contribution in [0.5, 0.6) is 5.75 Å². The van der Waals surface area contributed by atoms with Crippen LogP contribution in [-0.4, -0.2) is 13.0 Å². The first-order chi connectivity index (χ1) is 7.63. The molecule has 0 aromatic heterocycles. The molecule has 1 aromatic rings. The molecule has 0 saturated heterocycles. The number of nitrogens with one attached hydrogen (secondary N) is 1. The van der Waals surface area contributed by atoms with Crippen molar-refractivity contribution in [1.29, 1.82) is 0 Å². The summed E-state index contributed by atoms with van der Waals surface area (Å²) in [5.41, 5.74) is 1.92. The summed E-state index contributed by atoms with van der Waals surface area (Å²) in [7, 11) is 1.64. The molecule has 1 atom stereocenters. The van der Waals surface area contributed by atoms with Crippen LogP contribution < -0.4 is 10.1 Å². The maximum Gasteiger partial charge on any atom is 0.232 e. The fourth-order valence-corrected chi connectivity index (χ4v) is 2.24. The third kappa shape index (κ3) is 1.77. The number of amides is 1. The fourth-order valence-electron chi connectivity index (χ4n) is 2.24. The Labute approximate surface area is 95.8 Å². The molecule has 1 aromatic carbocycles. The summed E-state index contributed by atoms with van der Waals surface area (Å²) >= 11 is 0. The third-order valence-electron chi connectivity index (χ3n) is 2.92. The number of ether oxygens (including phenoxy) is 1. The number of fused-ring (bicyclic) bond motifs is 1. The Morgan fingerprint density at radius 1 is 1.44 bits per heavy atom. The van der Waals surface area contributed by atoms with Crippen LogP contribution in [0.2, 0.25) is 0 Å². The normalized spacial score (nSPS) is 18.5. The highest BCUT2D eigenvalue weighted by molar-refractivity contribution is 6.03. The summed E-state index contributed by atoms with van der Waals surface area (Å²) in [6, 6.07) is 5.73. The Morgan fingerprint density at radius 3 is 2.81 bits per heavy atom. The first-order valence-corrected chi connectivity index (χ1v) is 5.61. The molecule has 1 aliphatic heterocycles. The molecule has 0 spiro atoms. The number of hydrogen-bond acceptors (Lipinski definition) is 2. The van der Waals surface area contributed by atoms with E-state index in [-0.39, 0.29) is 11.8 Å². The molecule has 2 rings (SSSR count). The Balaban J connectivity index is 2.41. The lowest BCUT2D eigenvalue weighted by Gasteiger charge is -2.14. The summed E-state index contributed by atoms with van der Waals surface area (Å²) in [5.74, 6) is 1.33. The van der Waals surface area contributed by atoms with Gasteiger partial charge in [0.1, 0.15) is 5.75 Å². The SMILES string of the molecule is COc1cccc2c1C(CC(C)C)C(=O)N2. The molecule has 3 nitrogen and oxygen atoms in total. The van der Waals surface area contributed by atoms with Gasteiger partial charge in [-0.15, -0.1) is 0 Å². The van der Waals surface area contributed by atoms with Crippen LogP contribution >= 0.6 is 0 Å². The van der Waals surface area contributed by atoms with Crippen molar-refractivity contribution in [3.63, 3.8) is 0 Å². The largest absolute Gasteiger partial charge is 0.496 e. The van der Waals surface area contributed by atoms with Gasteiger partial charge < -0.3 is 10.1 Å². The summed E-state index contributed by atoms with van der Waals surface area (Å²) in [6.45, 7) is 4.25. The molecule has 0 aliphatic carbocycles. The predicted molar refractivity (Wildman–Crippen MR) is 63.8 cm³/mol. The zero-order chi connectivity index (χ0) is 11.7. The number of methoxy groups -OCH3 is 1. The standard InChI is InChI=1S/C13H17NO2/c1-8(2)7-9-12-10(14-13(9)15)5-4-6-11(12)16-3/h4-6,8-9H,7H2,1-3H3,(H,14,15). The minimum absolute atomic E-state index is 0.0638. The molecule has 1 heterocycles. The van der Waals surface area contributed by atoms with Gasteiger partial charge in [0.25, 0.3) is 0 Å². The monoisotopic (exact) mass is 219 g/mol. The highest BCUT2D eigenvalue weighted by Gasteiger charge is 2.33. The molecule has 3 heteroatoms. The average Bonchev–Trinajstić information content (AvgIpc) is 2.54. The molecule has 1 unspecified atom stereocenters. The van der Waals surface area contributed by atoms with Crippen LogP contribution in [0.15, 0.2) is 18.2 Å². The minimum Gasteiger partial charge on any atom is -0.496 e. The summed E-state index contributed by atoms with van der Waals surface area (Å²) in [5, 5.41) is 2.91. The maximum absolute atomic E-state index is 11.9. The van der Waals surface area contributed by atoms with Crippen molar-refractivity contribution in [2.45, 2.75) is 26.2 Å². The summed E-state index contributed by atoms with van der Waals surface area (Å²) in [4.78, 5) is 11.9. The van der Waals surface area contributed by atoms with Crippen LogP contribution in [0, 0.1) is 5.92 Å². The first-order valence-electron chi connectivity index (χ1n) is 5.61. The van der Waals surface area contributed by atoms with Gasteiger partial charge in [0.15, 0.2) is 0 Å². The topological polar surface area (TPSA) is 38.3 Å². The first kappa shape index (κ1) is 11.0. The van der Waals surface area contributed by atoms with Crippen LogP contribution in [0.1, 0.15) is 31.7 Å². The molecule has 0 saturated carbocycles. The molecular weight excluding hydrogens is 202 g/mol. The van der Waals surface area contributed by atoms with E-state index in [0.29, 0.717) is 5.92 Å². The van der Waals surface area contributed by atoms with Gasteiger partial charge in [0, 0.05) is 11.3 Å². The molecule has 16 heavy (non-hydrogen) atoms. The van der Waals surface area contributed by atoms with E-state index in [1.54, 1.807) is 7.11 Å². The smallest absolute Gasteiger partial charge is 0.232 e. The quantitative estimate of drug-likeness (QED) is 0.848. The van der Waals surface area contributed by atoms with Crippen molar-refractivity contribution in [1.82, 2.24) is 0 Å². The Bertz CT molecular complexity index is 412. The Morgan fingerprint density at radius 2 is 2.19 bits per heavy atom. The summed E-state index contributed by atoms with van der Waals surface area (Å²) in [6.07, 6.45) is 0.860. The van der Waals surface area contributed by atoms with E-state index in [4.69, 9.17) is 4.74 Å². The Hall–Kier alpha value is -1.51. The van der Waals surface area contributed by atoms with Crippen LogP contribution in [0.4, 0.5) is 5.69 Å². The van der Waals surface area contributed by atoms with Crippen molar-refractivity contribution in [3.8, 4) is 5.75 Å². The van der Waals surface area contributed by atoms with E-state index in [9.17, 15) is 4.79 Å². The van der Waals surface area contributed by atoms with Gasteiger partial charge in [-0.2, -0.15) is 0 Å². The number of hydrogen-bond donors (Lipinski definition) is 1. The van der Waals surface area contributed by atoms with E-state index >= 15 is 0 Å². The second-order valence-electron chi connectivity index (χ2n) is 4.59. The fraction of sp³-hybridized carbons (Fsp3) is 0.462. The van der Waals surface area contributed by atoms with Crippen LogP contribution in [0.3, 0.4) is 0 Å². The van der Waals surface area contributed by atoms with Gasteiger partial charge >= 0.3 is 0 Å². The van der Waals surface area contributed by atoms with E-state index in [1.165, 1.54) is 0 Å². The third-order valence-corrected chi connectivity index (χ3v) is 2.92. The van der Waals surface area contributed by atoms with Crippen LogP contribution in [0.25, 0.3) is 0 Å². The van der Waals surface area contributed by atoms with Crippen LogP contribution in [-0.2, 0) is 4.79 Å². The molecule has 86 valence electrons. The van der Waals surface area contributed by atoms with E-state index in [1.807, 2.05) is 18.2 Å². The molecule has 0 fully saturated rings. The van der Waals surface area contributed by atoms with E-state index in [0.717, 1.165) is 23.4 Å². The van der Waals surface area contributed by atoms with Gasteiger partial charge in [0.2, 0.25) is 5.91 Å². The number of carbonyl (C=O) groups excluding carboxylic acids is 1. The molecule has 1 amide bonds. The maximum atomic E-state index is 11.9. The molecule has 1 aliphatic rings. The van der Waals surface area contributed by atoms with Crippen molar-refractivity contribution in [3.05, 3.63) is 23.8 Å². The van der Waals surface area contributed by atoms with Crippen molar-refractivity contribution >= 4 is 11.6 Å². The second-order valence-corrected chi connectivity index (χ2v) is 4.59. The molecule has 0 bridgehead atoms. The van der Waals surface area contributed by atoms with Gasteiger partial charge in [-0.05, 0) is 24.5 Å². The molecule has 1 N–H and O–H groups in total. The highest BCUT2D eigenvalue weighted by atomic mass is 16.5. The zero-order valence-corrected chi connectivity index (χ0v) is 9.91. The van der Waals surface area contributed by atoms with Gasteiger partial charge in [-0.25, -0.2) is 0 Å². The van der Waals surface area contributed by atoms with Crippen molar-refractivity contribution in [2.24, 2.45) is 5.92 Å². The van der Waals surface area contributed by atoms with Gasteiger partial charge in [-0.3, -0.25) is 4.79 Å². The molecule has 0 radical (unpaired) electrons. The number of anilines is 1. The lowest BCUT2D eigenvalue weighted by Crippen LogP contribution is -2.14. The van der Waals surface area contributed by atoms with Gasteiger partial charge in [-0.1, -0.05) is 19.9 Å².